The lowest BCUT2D eigenvalue weighted by atomic mass is 10.1. The number of nitrogens with zero attached hydrogens (tertiary/aromatic N) is 1. The predicted octanol–water partition coefficient (Wildman–Crippen LogP) is 3.16. The highest BCUT2D eigenvalue weighted by molar-refractivity contribution is 6.01. The average molecular weight is 338 g/mol. The van der Waals surface area contributed by atoms with Crippen LogP contribution in [0, 0.1) is 0 Å². The minimum Gasteiger partial charge on any atom is -0.399 e. The minimum atomic E-state index is -0.324. The highest BCUT2D eigenvalue weighted by Crippen LogP contribution is 2.11. The zero-order valence-electron chi connectivity index (χ0n) is 14.4. The molecule has 0 aromatic heterocycles. The van der Waals surface area contributed by atoms with Gasteiger partial charge in [0.2, 0.25) is 5.91 Å². The number of hydrazone groups is 1. The van der Waals surface area contributed by atoms with Crippen molar-refractivity contribution >= 4 is 28.9 Å². The van der Waals surface area contributed by atoms with E-state index in [2.05, 4.69) is 15.8 Å². The largest absolute Gasteiger partial charge is 0.399 e. The van der Waals surface area contributed by atoms with Gasteiger partial charge in [-0.1, -0.05) is 19.1 Å². The lowest BCUT2D eigenvalue weighted by Crippen LogP contribution is -2.19. The van der Waals surface area contributed by atoms with Crippen LogP contribution < -0.4 is 16.5 Å². The van der Waals surface area contributed by atoms with Gasteiger partial charge in [-0.15, -0.1) is 0 Å². The first kappa shape index (κ1) is 18.2. The normalized spacial score (nSPS) is 11.0. The van der Waals surface area contributed by atoms with Crippen molar-refractivity contribution in [3.05, 3.63) is 59.7 Å². The maximum atomic E-state index is 12.2. The molecule has 0 fully saturated rings. The lowest BCUT2D eigenvalue weighted by Gasteiger charge is -2.06. The van der Waals surface area contributed by atoms with Gasteiger partial charge in [-0.3, -0.25) is 9.59 Å². The second-order valence-electron chi connectivity index (χ2n) is 5.64. The van der Waals surface area contributed by atoms with Gasteiger partial charge in [0.15, 0.2) is 0 Å². The number of nitrogens with two attached hydrogens (primary N) is 1. The number of nitrogens with one attached hydrogen (secondary N) is 2. The topological polar surface area (TPSA) is 96.6 Å². The Kier molecular flexibility index (Phi) is 6.28. The highest BCUT2D eigenvalue weighted by atomic mass is 16.2. The first-order valence-electron chi connectivity index (χ1n) is 8.10. The van der Waals surface area contributed by atoms with E-state index >= 15 is 0 Å². The van der Waals surface area contributed by atoms with Gasteiger partial charge in [0.05, 0.1) is 5.71 Å². The second kappa shape index (κ2) is 8.63. The molecule has 6 heteroatoms. The van der Waals surface area contributed by atoms with Crippen LogP contribution in [0.1, 0.15) is 42.6 Å². The maximum absolute atomic E-state index is 12.2. The van der Waals surface area contributed by atoms with E-state index in [1.54, 1.807) is 43.3 Å². The average Bonchev–Trinajstić information content (AvgIpc) is 2.60. The number of hydrogen-bond donors (Lipinski definition) is 3. The van der Waals surface area contributed by atoms with Crippen molar-refractivity contribution in [2.75, 3.05) is 11.1 Å². The summed E-state index contributed by atoms with van der Waals surface area (Å²) in [4.78, 5) is 23.7. The number of amides is 2. The molecule has 0 spiro atoms. The fraction of sp³-hybridized carbons (Fsp3) is 0.211. The fourth-order valence-electron chi connectivity index (χ4n) is 2.18. The SMILES string of the molecule is CCCC(=O)Nc1ccc(C(=O)NN=C(C)c2cccc(N)c2)cc1. The second-order valence-corrected chi connectivity index (χ2v) is 5.64. The molecule has 0 saturated carbocycles. The third kappa shape index (κ3) is 5.46. The van der Waals surface area contributed by atoms with E-state index < -0.39 is 0 Å². The Morgan fingerprint density at radius 1 is 1.08 bits per heavy atom. The van der Waals surface area contributed by atoms with Crippen LogP contribution in [0.25, 0.3) is 0 Å². The molecule has 0 unspecified atom stereocenters. The zero-order chi connectivity index (χ0) is 18.2. The quantitative estimate of drug-likeness (QED) is 0.429. The van der Waals surface area contributed by atoms with Gasteiger partial charge >= 0.3 is 0 Å². The molecular weight excluding hydrogens is 316 g/mol. The Morgan fingerprint density at radius 3 is 2.44 bits per heavy atom. The van der Waals surface area contributed by atoms with Gasteiger partial charge in [-0.2, -0.15) is 5.10 Å². The van der Waals surface area contributed by atoms with E-state index in [4.69, 9.17) is 5.73 Å². The van der Waals surface area contributed by atoms with Gasteiger partial charge in [-0.25, -0.2) is 5.43 Å². The Labute approximate surface area is 147 Å². The minimum absolute atomic E-state index is 0.0398. The molecule has 0 aliphatic rings. The first-order chi connectivity index (χ1) is 12.0. The van der Waals surface area contributed by atoms with Gasteiger partial charge < -0.3 is 11.1 Å². The molecule has 2 aromatic rings. The van der Waals surface area contributed by atoms with Crippen molar-refractivity contribution in [2.24, 2.45) is 5.10 Å². The molecule has 0 aliphatic heterocycles. The third-order valence-electron chi connectivity index (χ3n) is 3.54. The van der Waals surface area contributed by atoms with Crippen LogP contribution in [0.4, 0.5) is 11.4 Å². The molecule has 0 saturated heterocycles. The van der Waals surface area contributed by atoms with E-state index in [0.29, 0.717) is 29.1 Å². The molecule has 2 amide bonds. The highest BCUT2D eigenvalue weighted by Gasteiger charge is 2.06. The van der Waals surface area contributed by atoms with Crippen molar-refractivity contribution in [2.45, 2.75) is 26.7 Å². The Morgan fingerprint density at radius 2 is 1.80 bits per heavy atom. The van der Waals surface area contributed by atoms with Crippen LogP contribution in [0.15, 0.2) is 53.6 Å². The molecule has 0 atom stereocenters. The summed E-state index contributed by atoms with van der Waals surface area (Å²) in [5.74, 6) is -0.364. The number of benzene rings is 2. The number of nitrogen functional groups attached to an aromatic ring is 1. The summed E-state index contributed by atoms with van der Waals surface area (Å²) < 4.78 is 0. The summed E-state index contributed by atoms with van der Waals surface area (Å²) in [6, 6.07) is 13.9. The summed E-state index contributed by atoms with van der Waals surface area (Å²) in [5, 5.41) is 6.87. The van der Waals surface area contributed by atoms with Gasteiger partial charge in [0.25, 0.3) is 5.91 Å². The lowest BCUT2D eigenvalue weighted by molar-refractivity contribution is -0.116. The van der Waals surface area contributed by atoms with Crippen molar-refractivity contribution < 1.29 is 9.59 Å². The maximum Gasteiger partial charge on any atom is 0.271 e. The van der Waals surface area contributed by atoms with Crippen LogP contribution in [0.5, 0.6) is 0 Å². The molecule has 2 aromatic carbocycles. The summed E-state index contributed by atoms with van der Waals surface area (Å²) in [6.45, 7) is 3.74. The number of hydrogen-bond acceptors (Lipinski definition) is 4. The first-order valence-corrected chi connectivity index (χ1v) is 8.10. The zero-order valence-corrected chi connectivity index (χ0v) is 14.4. The Balaban J connectivity index is 1.98. The van der Waals surface area contributed by atoms with Crippen LogP contribution in [-0.2, 0) is 4.79 Å². The fourth-order valence-corrected chi connectivity index (χ4v) is 2.18. The van der Waals surface area contributed by atoms with Crippen LogP contribution in [0.3, 0.4) is 0 Å². The number of anilines is 2. The molecule has 4 N–H and O–H groups in total. The number of carbonyl (C=O) groups excluding carboxylic acids is 2. The number of rotatable bonds is 6. The predicted molar refractivity (Wildman–Crippen MR) is 101 cm³/mol. The van der Waals surface area contributed by atoms with E-state index in [1.165, 1.54) is 0 Å². The van der Waals surface area contributed by atoms with Crippen molar-refractivity contribution in [1.82, 2.24) is 5.43 Å². The molecular formula is C19H22N4O2. The molecule has 6 nitrogen and oxygen atoms in total. The van der Waals surface area contributed by atoms with Crippen molar-refractivity contribution in [1.29, 1.82) is 0 Å². The molecule has 25 heavy (non-hydrogen) atoms. The smallest absolute Gasteiger partial charge is 0.271 e. The van der Waals surface area contributed by atoms with E-state index in [0.717, 1.165) is 12.0 Å². The summed E-state index contributed by atoms with van der Waals surface area (Å²) in [5.41, 5.74) is 11.5. The van der Waals surface area contributed by atoms with E-state index in [1.807, 2.05) is 19.1 Å². The van der Waals surface area contributed by atoms with Crippen molar-refractivity contribution in [3.63, 3.8) is 0 Å². The summed E-state index contributed by atoms with van der Waals surface area (Å²) in [6.07, 6.45) is 1.26. The van der Waals surface area contributed by atoms with Gasteiger partial charge in [0.1, 0.15) is 0 Å². The third-order valence-corrected chi connectivity index (χ3v) is 3.54. The van der Waals surface area contributed by atoms with Crippen molar-refractivity contribution in [3.8, 4) is 0 Å². The summed E-state index contributed by atoms with van der Waals surface area (Å²) in [7, 11) is 0. The molecule has 0 heterocycles. The molecule has 2 rings (SSSR count). The van der Waals surface area contributed by atoms with Crippen LogP contribution >= 0.6 is 0 Å². The van der Waals surface area contributed by atoms with Crippen LogP contribution in [0.2, 0.25) is 0 Å². The van der Waals surface area contributed by atoms with Crippen LogP contribution in [-0.4, -0.2) is 17.5 Å². The standard InChI is InChI=1S/C19H22N4O2/c1-3-5-18(24)21-17-10-8-14(9-11-17)19(25)23-22-13(2)15-6-4-7-16(20)12-15/h4,6-12H,3,5,20H2,1-2H3,(H,21,24)(H,23,25). The summed E-state index contributed by atoms with van der Waals surface area (Å²) >= 11 is 0. The Bertz CT molecular complexity index is 782. The van der Waals surface area contributed by atoms with E-state index in [9.17, 15) is 9.59 Å². The Hall–Kier alpha value is -3.15. The molecule has 130 valence electrons. The monoisotopic (exact) mass is 338 g/mol. The molecule has 0 aliphatic carbocycles. The molecule has 0 radical (unpaired) electrons. The van der Waals surface area contributed by atoms with Gasteiger partial charge in [0, 0.05) is 23.4 Å². The number of carbonyl (C=O) groups is 2. The van der Waals surface area contributed by atoms with Gasteiger partial charge in [-0.05, 0) is 55.3 Å². The van der Waals surface area contributed by atoms with E-state index in [-0.39, 0.29) is 11.8 Å². The molecule has 0 bridgehead atoms.